The summed E-state index contributed by atoms with van der Waals surface area (Å²) in [5, 5.41) is 9.96. The molecule has 114 valence electrons. The molecule has 2 aromatic rings. The third kappa shape index (κ3) is 4.00. The fourth-order valence-electron chi connectivity index (χ4n) is 2.44. The Hall–Kier alpha value is -1.50. The zero-order chi connectivity index (χ0) is 13.9. The SMILES string of the molecule is Cl.Nc1ncc(CN2CCN(c3ccc(O)cc3)CC2)s1. The predicted molar refractivity (Wildman–Crippen MR) is 89.4 cm³/mol. The number of thiazole rings is 1. The van der Waals surface area contributed by atoms with Crippen LogP contribution in [-0.2, 0) is 6.54 Å². The summed E-state index contributed by atoms with van der Waals surface area (Å²) >= 11 is 1.56. The van der Waals surface area contributed by atoms with Crippen LogP contribution in [0.15, 0.2) is 30.5 Å². The van der Waals surface area contributed by atoms with Gasteiger partial charge in [0, 0.05) is 49.5 Å². The number of anilines is 2. The molecule has 1 saturated heterocycles. The van der Waals surface area contributed by atoms with E-state index in [9.17, 15) is 5.11 Å². The lowest BCUT2D eigenvalue weighted by molar-refractivity contribution is 0.252. The molecule has 3 N–H and O–H groups in total. The summed E-state index contributed by atoms with van der Waals surface area (Å²) in [6.07, 6.45) is 1.87. The van der Waals surface area contributed by atoms with Gasteiger partial charge < -0.3 is 15.7 Å². The summed E-state index contributed by atoms with van der Waals surface area (Å²) in [7, 11) is 0. The number of piperazine rings is 1. The summed E-state index contributed by atoms with van der Waals surface area (Å²) in [6.45, 7) is 4.98. The van der Waals surface area contributed by atoms with Crippen LogP contribution >= 0.6 is 23.7 Å². The zero-order valence-electron chi connectivity index (χ0n) is 11.6. The van der Waals surface area contributed by atoms with Gasteiger partial charge in [0.15, 0.2) is 5.13 Å². The topological polar surface area (TPSA) is 65.6 Å². The van der Waals surface area contributed by atoms with Crippen molar-refractivity contribution in [3.63, 3.8) is 0 Å². The van der Waals surface area contributed by atoms with Gasteiger partial charge >= 0.3 is 0 Å². The number of aromatic nitrogens is 1. The van der Waals surface area contributed by atoms with Crippen LogP contribution in [0.2, 0.25) is 0 Å². The van der Waals surface area contributed by atoms with E-state index in [2.05, 4.69) is 14.8 Å². The van der Waals surface area contributed by atoms with E-state index in [0.29, 0.717) is 10.9 Å². The Labute approximate surface area is 134 Å². The van der Waals surface area contributed by atoms with Crippen LogP contribution in [0, 0.1) is 0 Å². The maximum atomic E-state index is 9.32. The standard InChI is InChI=1S/C14H18N4OS.ClH/c15-14-16-9-13(20-14)10-17-5-7-18(8-6-17)11-1-3-12(19)4-2-11;/h1-4,9,19H,5-8,10H2,(H2,15,16);1H. The van der Waals surface area contributed by atoms with Crippen LogP contribution in [0.3, 0.4) is 0 Å². The van der Waals surface area contributed by atoms with Crippen molar-refractivity contribution in [1.29, 1.82) is 0 Å². The zero-order valence-corrected chi connectivity index (χ0v) is 13.2. The van der Waals surface area contributed by atoms with Crippen molar-refractivity contribution in [3.05, 3.63) is 35.3 Å². The smallest absolute Gasteiger partial charge is 0.180 e. The molecule has 21 heavy (non-hydrogen) atoms. The van der Waals surface area contributed by atoms with Gasteiger partial charge in [0.25, 0.3) is 0 Å². The van der Waals surface area contributed by atoms with Crippen molar-refractivity contribution < 1.29 is 5.11 Å². The molecule has 1 aromatic carbocycles. The van der Waals surface area contributed by atoms with E-state index in [-0.39, 0.29) is 12.4 Å². The molecule has 0 spiro atoms. The lowest BCUT2D eigenvalue weighted by Gasteiger charge is -2.35. The van der Waals surface area contributed by atoms with Gasteiger partial charge in [0.2, 0.25) is 0 Å². The first-order chi connectivity index (χ1) is 9.70. The van der Waals surface area contributed by atoms with Crippen molar-refractivity contribution >= 4 is 34.6 Å². The molecule has 0 atom stereocenters. The number of nitrogen functional groups attached to an aromatic ring is 1. The molecule has 0 saturated carbocycles. The number of phenolic OH excluding ortho intramolecular Hbond substituents is 1. The van der Waals surface area contributed by atoms with Crippen molar-refractivity contribution in [3.8, 4) is 5.75 Å². The highest BCUT2D eigenvalue weighted by Crippen LogP contribution is 2.21. The Morgan fingerprint density at radius 2 is 1.81 bits per heavy atom. The van der Waals surface area contributed by atoms with Crippen molar-refractivity contribution in [1.82, 2.24) is 9.88 Å². The van der Waals surface area contributed by atoms with Crippen LogP contribution in [0.4, 0.5) is 10.8 Å². The van der Waals surface area contributed by atoms with Gasteiger partial charge in [-0.1, -0.05) is 0 Å². The Bertz CT molecular complexity index is 567. The van der Waals surface area contributed by atoms with E-state index in [1.54, 1.807) is 23.5 Å². The molecule has 1 aliphatic heterocycles. The first-order valence-electron chi connectivity index (χ1n) is 6.67. The lowest BCUT2D eigenvalue weighted by atomic mass is 10.2. The van der Waals surface area contributed by atoms with Crippen LogP contribution in [-0.4, -0.2) is 41.2 Å². The van der Waals surface area contributed by atoms with E-state index in [1.165, 1.54) is 10.6 Å². The first kappa shape index (κ1) is 15.9. The summed E-state index contributed by atoms with van der Waals surface area (Å²) in [5.41, 5.74) is 6.83. The Kier molecular flexibility index (Phi) is 5.27. The third-order valence-corrected chi connectivity index (χ3v) is 4.35. The third-order valence-electron chi connectivity index (χ3n) is 3.54. The van der Waals surface area contributed by atoms with Gasteiger partial charge in [-0.05, 0) is 24.3 Å². The monoisotopic (exact) mass is 326 g/mol. The van der Waals surface area contributed by atoms with Crippen molar-refractivity contribution in [2.75, 3.05) is 36.8 Å². The minimum Gasteiger partial charge on any atom is -0.508 e. The number of nitrogens with zero attached hydrogens (tertiary/aromatic N) is 3. The molecule has 1 aliphatic rings. The van der Waals surface area contributed by atoms with Crippen LogP contribution in [0.1, 0.15) is 4.88 Å². The number of halogens is 1. The molecule has 0 unspecified atom stereocenters. The molecule has 3 rings (SSSR count). The molecular weight excluding hydrogens is 308 g/mol. The normalized spacial score (nSPS) is 15.7. The largest absolute Gasteiger partial charge is 0.508 e. The lowest BCUT2D eigenvalue weighted by Crippen LogP contribution is -2.45. The van der Waals surface area contributed by atoms with Gasteiger partial charge in [0.1, 0.15) is 5.75 Å². The van der Waals surface area contributed by atoms with Crippen molar-refractivity contribution in [2.45, 2.75) is 6.54 Å². The van der Waals surface area contributed by atoms with Crippen LogP contribution in [0.5, 0.6) is 5.75 Å². The van der Waals surface area contributed by atoms with Gasteiger partial charge in [-0.15, -0.1) is 23.7 Å². The summed E-state index contributed by atoms with van der Waals surface area (Å²) in [4.78, 5) is 10.1. The van der Waals surface area contributed by atoms with Crippen molar-refractivity contribution in [2.24, 2.45) is 0 Å². The number of aromatic hydroxyl groups is 1. The second-order valence-electron chi connectivity index (χ2n) is 4.94. The maximum absolute atomic E-state index is 9.32. The maximum Gasteiger partial charge on any atom is 0.180 e. The molecule has 0 amide bonds. The number of rotatable bonds is 3. The second kappa shape index (κ2) is 6.98. The quantitative estimate of drug-likeness (QED) is 0.905. The van der Waals surface area contributed by atoms with Gasteiger partial charge in [-0.2, -0.15) is 0 Å². The Morgan fingerprint density at radius 1 is 1.14 bits per heavy atom. The number of hydrogen-bond acceptors (Lipinski definition) is 6. The average Bonchev–Trinajstić information content (AvgIpc) is 2.86. The van der Waals surface area contributed by atoms with E-state index in [1.807, 2.05) is 18.3 Å². The fourth-order valence-corrected chi connectivity index (χ4v) is 3.17. The number of phenols is 1. The van der Waals surface area contributed by atoms with E-state index < -0.39 is 0 Å². The summed E-state index contributed by atoms with van der Waals surface area (Å²) < 4.78 is 0. The average molecular weight is 327 g/mol. The van der Waals surface area contributed by atoms with Crippen LogP contribution < -0.4 is 10.6 Å². The van der Waals surface area contributed by atoms with E-state index >= 15 is 0 Å². The highest BCUT2D eigenvalue weighted by molar-refractivity contribution is 7.15. The Balaban J connectivity index is 0.00000161. The van der Waals surface area contributed by atoms with E-state index in [4.69, 9.17) is 5.73 Å². The first-order valence-corrected chi connectivity index (χ1v) is 7.49. The van der Waals surface area contributed by atoms with E-state index in [0.717, 1.165) is 32.7 Å². The molecule has 0 bridgehead atoms. The van der Waals surface area contributed by atoms with Gasteiger partial charge in [0.05, 0.1) is 0 Å². The minimum atomic E-state index is 0. The molecule has 1 fully saturated rings. The molecule has 0 radical (unpaired) electrons. The van der Waals surface area contributed by atoms with Crippen LogP contribution in [0.25, 0.3) is 0 Å². The highest BCUT2D eigenvalue weighted by atomic mass is 35.5. The highest BCUT2D eigenvalue weighted by Gasteiger charge is 2.17. The predicted octanol–water partition coefficient (Wildman–Crippen LogP) is 2.17. The van der Waals surface area contributed by atoms with Gasteiger partial charge in [-0.3, -0.25) is 4.90 Å². The number of hydrogen-bond donors (Lipinski definition) is 2. The molecule has 2 heterocycles. The summed E-state index contributed by atoms with van der Waals surface area (Å²) in [6, 6.07) is 7.41. The molecule has 5 nitrogen and oxygen atoms in total. The molecule has 1 aromatic heterocycles. The fraction of sp³-hybridized carbons (Fsp3) is 0.357. The van der Waals surface area contributed by atoms with Gasteiger partial charge in [-0.25, -0.2) is 4.98 Å². The molecule has 0 aliphatic carbocycles. The summed E-state index contributed by atoms with van der Waals surface area (Å²) in [5.74, 6) is 0.315. The Morgan fingerprint density at radius 3 is 2.38 bits per heavy atom. The second-order valence-corrected chi connectivity index (χ2v) is 6.09. The number of benzene rings is 1. The number of nitrogens with two attached hydrogens (primary N) is 1. The minimum absolute atomic E-state index is 0. The molecular formula is C14H19ClN4OS. The molecule has 7 heteroatoms.